The first-order valence-electron chi connectivity index (χ1n) is 7.32. The molecule has 0 spiro atoms. The highest BCUT2D eigenvalue weighted by Crippen LogP contribution is 2.27. The standard InChI is InChI=1S/C14H28N2O/c1-4-5-11(2)15-8-12(3)16-9-13-6-7-14(10-16)17-13/h11-15H,4-10H2,1-3H3. The van der Waals surface area contributed by atoms with E-state index in [9.17, 15) is 0 Å². The van der Waals surface area contributed by atoms with E-state index >= 15 is 0 Å². The summed E-state index contributed by atoms with van der Waals surface area (Å²) in [6.45, 7) is 10.3. The first kappa shape index (κ1) is 13.3. The van der Waals surface area contributed by atoms with Crippen molar-refractivity contribution < 1.29 is 4.74 Å². The number of hydrogen-bond acceptors (Lipinski definition) is 3. The normalized spacial score (nSPS) is 32.6. The van der Waals surface area contributed by atoms with E-state index in [1.807, 2.05) is 0 Å². The van der Waals surface area contributed by atoms with Crippen LogP contribution in [-0.4, -0.2) is 48.8 Å². The third-order valence-electron chi connectivity index (χ3n) is 4.18. The quantitative estimate of drug-likeness (QED) is 0.769. The molecule has 0 aromatic carbocycles. The van der Waals surface area contributed by atoms with Gasteiger partial charge in [0.1, 0.15) is 0 Å². The molecule has 100 valence electrons. The van der Waals surface area contributed by atoms with Crippen LogP contribution in [0.5, 0.6) is 0 Å². The van der Waals surface area contributed by atoms with E-state index in [2.05, 4.69) is 31.0 Å². The zero-order chi connectivity index (χ0) is 12.3. The second kappa shape index (κ2) is 6.17. The highest BCUT2D eigenvalue weighted by molar-refractivity contribution is 4.87. The largest absolute Gasteiger partial charge is 0.372 e. The van der Waals surface area contributed by atoms with E-state index < -0.39 is 0 Å². The number of morpholine rings is 1. The summed E-state index contributed by atoms with van der Waals surface area (Å²) >= 11 is 0. The summed E-state index contributed by atoms with van der Waals surface area (Å²) in [4.78, 5) is 2.61. The summed E-state index contributed by atoms with van der Waals surface area (Å²) in [7, 11) is 0. The summed E-state index contributed by atoms with van der Waals surface area (Å²) in [5, 5.41) is 3.65. The Morgan fingerprint density at radius 1 is 1.24 bits per heavy atom. The smallest absolute Gasteiger partial charge is 0.0707 e. The van der Waals surface area contributed by atoms with Gasteiger partial charge in [0, 0.05) is 31.7 Å². The highest BCUT2D eigenvalue weighted by Gasteiger charge is 2.35. The SMILES string of the molecule is CCCC(C)NCC(C)N1CC2CCC(C1)O2. The number of nitrogens with one attached hydrogen (secondary N) is 1. The Morgan fingerprint density at radius 3 is 2.47 bits per heavy atom. The molecule has 2 saturated heterocycles. The van der Waals surface area contributed by atoms with Crippen molar-refractivity contribution in [1.29, 1.82) is 0 Å². The van der Waals surface area contributed by atoms with Gasteiger partial charge < -0.3 is 10.1 Å². The van der Waals surface area contributed by atoms with Gasteiger partial charge in [-0.2, -0.15) is 0 Å². The van der Waals surface area contributed by atoms with Crippen LogP contribution in [0.15, 0.2) is 0 Å². The van der Waals surface area contributed by atoms with Crippen LogP contribution in [0.3, 0.4) is 0 Å². The van der Waals surface area contributed by atoms with Crippen LogP contribution < -0.4 is 5.32 Å². The minimum Gasteiger partial charge on any atom is -0.372 e. The van der Waals surface area contributed by atoms with E-state index in [1.54, 1.807) is 0 Å². The van der Waals surface area contributed by atoms with E-state index in [0.29, 0.717) is 24.3 Å². The molecule has 0 aromatic rings. The van der Waals surface area contributed by atoms with Gasteiger partial charge in [0.15, 0.2) is 0 Å². The maximum Gasteiger partial charge on any atom is 0.0707 e. The van der Waals surface area contributed by atoms with Crippen LogP contribution in [0.25, 0.3) is 0 Å². The minimum atomic E-state index is 0.518. The Bertz CT molecular complexity index is 222. The number of ether oxygens (including phenoxy) is 1. The molecule has 0 amide bonds. The number of likely N-dealkylation sites (tertiary alicyclic amines) is 1. The fraction of sp³-hybridized carbons (Fsp3) is 1.00. The van der Waals surface area contributed by atoms with E-state index in [0.717, 1.165) is 19.6 Å². The summed E-state index contributed by atoms with van der Waals surface area (Å²) in [5.74, 6) is 0. The Hall–Kier alpha value is -0.120. The zero-order valence-corrected chi connectivity index (χ0v) is 11.6. The zero-order valence-electron chi connectivity index (χ0n) is 11.6. The van der Waals surface area contributed by atoms with Crippen molar-refractivity contribution >= 4 is 0 Å². The molecule has 2 heterocycles. The van der Waals surface area contributed by atoms with Gasteiger partial charge in [0.05, 0.1) is 12.2 Å². The average Bonchev–Trinajstić information content (AvgIpc) is 2.65. The third-order valence-corrected chi connectivity index (χ3v) is 4.18. The van der Waals surface area contributed by atoms with Crippen molar-refractivity contribution in [3.8, 4) is 0 Å². The van der Waals surface area contributed by atoms with Crippen LogP contribution in [-0.2, 0) is 4.74 Å². The molecule has 4 atom stereocenters. The van der Waals surface area contributed by atoms with Crippen LogP contribution in [0.1, 0.15) is 46.5 Å². The molecular formula is C14H28N2O. The molecular weight excluding hydrogens is 212 g/mol. The molecule has 2 bridgehead atoms. The lowest BCUT2D eigenvalue weighted by atomic mass is 10.1. The molecule has 3 heteroatoms. The van der Waals surface area contributed by atoms with Gasteiger partial charge in [-0.3, -0.25) is 4.90 Å². The predicted octanol–water partition coefficient (Wildman–Crippen LogP) is 2.02. The molecule has 17 heavy (non-hydrogen) atoms. The van der Waals surface area contributed by atoms with Crippen molar-refractivity contribution in [2.45, 2.75) is 70.7 Å². The van der Waals surface area contributed by atoms with Gasteiger partial charge >= 0.3 is 0 Å². The Kier molecular flexibility index (Phi) is 4.83. The van der Waals surface area contributed by atoms with Crippen molar-refractivity contribution in [3.63, 3.8) is 0 Å². The minimum absolute atomic E-state index is 0.518. The van der Waals surface area contributed by atoms with Gasteiger partial charge in [-0.05, 0) is 33.1 Å². The Balaban J connectivity index is 1.70. The second-order valence-electron chi connectivity index (χ2n) is 5.86. The maximum atomic E-state index is 5.88. The van der Waals surface area contributed by atoms with E-state index in [4.69, 9.17) is 4.74 Å². The molecule has 3 nitrogen and oxygen atoms in total. The van der Waals surface area contributed by atoms with Crippen molar-refractivity contribution in [2.75, 3.05) is 19.6 Å². The number of fused-ring (bicyclic) bond motifs is 2. The highest BCUT2D eigenvalue weighted by atomic mass is 16.5. The van der Waals surface area contributed by atoms with Crippen LogP contribution in [0.4, 0.5) is 0 Å². The molecule has 0 radical (unpaired) electrons. The van der Waals surface area contributed by atoms with Crippen molar-refractivity contribution in [1.82, 2.24) is 10.2 Å². The summed E-state index contributed by atoms with van der Waals surface area (Å²) in [5.41, 5.74) is 0. The van der Waals surface area contributed by atoms with Gasteiger partial charge in [-0.25, -0.2) is 0 Å². The first-order valence-corrected chi connectivity index (χ1v) is 7.32. The molecule has 2 fully saturated rings. The van der Waals surface area contributed by atoms with Crippen molar-refractivity contribution in [3.05, 3.63) is 0 Å². The van der Waals surface area contributed by atoms with Crippen LogP contribution in [0, 0.1) is 0 Å². The molecule has 0 saturated carbocycles. The third kappa shape index (κ3) is 3.67. The monoisotopic (exact) mass is 240 g/mol. The molecule has 4 unspecified atom stereocenters. The summed E-state index contributed by atoms with van der Waals surface area (Å²) < 4.78 is 5.88. The fourth-order valence-electron chi connectivity index (χ4n) is 3.04. The van der Waals surface area contributed by atoms with Gasteiger partial charge in [0.2, 0.25) is 0 Å². The maximum absolute atomic E-state index is 5.88. The van der Waals surface area contributed by atoms with E-state index in [1.165, 1.54) is 25.7 Å². The fourth-order valence-corrected chi connectivity index (χ4v) is 3.04. The number of hydrogen-bond donors (Lipinski definition) is 1. The lowest BCUT2D eigenvalue weighted by Gasteiger charge is -2.36. The average molecular weight is 240 g/mol. The summed E-state index contributed by atoms with van der Waals surface area (Å²) in [6.07, 6.45) is 6.13. The number of nitrogens with zero attached hydrogens (tertiary/aromatic N) is 1. The van der Waals surface area contributed by atoms with E-state index in [-0.39, 0.29) is 0 Å². The molecule has 2 aliphatic heterocycles. The first-order chi connectivity index (χ1) is 8.19. The van der Waals surface area contributed by atoms with Gasteiger partial charge in [0.25, 0.3) is 0 Å². The van der Waals surface area contributed by atoms with Crippen LogP contribution >= 0.6 is 0 Å². The molecule has 0 aromatic heterocycles. The van der Waals surface area contributed by atoms with Crippen LogP contribution in [0.2, 0.25) is 0 Å². The topological polar surface area (TPSA) is 24.5 Å². The molecule has 0 aliphatic carbocycles. The van der Waals surface area contributed by atoms with Crippen molar-refractivity contribution in [2.24, 2.45) is 0 Å². The molecule has 1 N–H and O–H groups in total. The Labute approximate surface area is 106 Å². The molecule has 2 rings (SSSR count). The summed E-state index contributed by atoms with van der Waals surface area (Å²) in [6, 6.07) is 1.29. The Morgan fingerprint density at radius 2 is 1.88 bits per heavy atom. The van der Waals surface area contributed by atoms with Gasteiger partial charge in [-0.1, -0.05) is 13.3 Å². The molecule has 2 aliphatic rings. The lowest BCUT2D eigenvalue weighted by molar-refractivity contribution is -0.0502. The number of rotatable bonds is 6. The predicted molar refractivity (Wildman–Crippen MR) is 71.3 cm³/mol. The lowest BCUT2D eigenvalue weighted by Crippen LogP contribution is -2.50. The second-order valence-corrected chi connectivity index (χ2v) is 5.86. The van der Waals surface area contributed by atoms with Gasteiger partial charge in [-0.15, -0.1) is 0 Å².